The van der Waals surface area contributed by atoms with Crippen LogP contribution in [0.4, 0.5) is 5.69 Å². The fraction of sp³-hybridized carbons (Fsp3) is 0.700. The molecule has 23 heavy (non-hydrogen) atoms. The Morgan fingerprint density at radius 2 is 1.74 bits per heavy atom. The van der Waals surface area contributed by atoms with Crippen molar-refractivity contribution < 1.29 is 0 Å². The first-order chi connectivity index (χ1) is 11.2. The summed E-state index contributed by atoms with van der Waals surface area (Å²) in [5, 5.41) is 3.82. The van der Waals surface area contributed by atoms with E-state index in [4.69, 9.17) is 0 Å². The Morgan fingerprint density at radius 3 is 2.43 bits per heavy atom. The van der Waals surface area contributed by atoms with E-state index in [1.807, 2.05) is 0 Å². The van der Waals surface area contributed by atoms with Crippen LogP contribution >= 0.6 is 0 Å². The van der Waals surface area contributed by atoms with Gasteiger partial charge in [0.1, 0.15) is 0 Å². The Balaban J connectivity index is 1.37. The van der Waals surface area contributed by atoms with Crippen molar-refractivity contribution in [2.24, 2.45) is 0 Å². The van der Waals surface area contributed by atoms with Crippen LogP contribution in [0.1, 0.15) is 44.1 Å². The van der Waals surface area contributed by atoms with Gasteiger partial charge in [0.25, 0.3) is 0 Å². The summed E-state index contributed by atoms with van der Waals surface area (Å²) in [4.78, 5) is 5.09. The lowest BCUT2D eigenvalue weighted by Gasteiger charge is -2.35. The SMILES string of the molecule is Cc1ccc(N2CCC(NCCC3CCCCN3C)CC2)cc1. The van der Waals surface area contributed by atoms with E-state index in [2.05, 4.69) is 53.4 Å². The fourth-order valence-electron chi connectivity index (χ4n) is 4.06. The maximum absolute atomic E-state index is 3.82. The molecule has 2 aliphatic heterocycles. The minimum atomic E-state index is 0.714. The molecule has 128 valence electrons. The first-order valence-electron chi connectivity index (χ1n) is 9.47. The van der Waals surface area contributed by atoms with Crippen LogP contribution in [0.15, 0.2) is 24.3 Å². The normalized spacial score (nSPS) is 24.1. The summed E-state index contributed by atoms with van der Waals surface area (Å²) in [5.74, 6) is 0. The van der Waals surface area contributed by atoms with Crippen molar-refractivity contribution in [3.63, 3.8) is 0 Å². The summed E-state index contributed by atoms with van der Waals surface area (Å²) in [7, 11) is 2.30. The van der Waals surface area contributed by atoms with Crippen LogP contribution < -0.4 is 10.2 Å². The lowest BCUT2D eigenvalue weighted by molar-refractivity contribution is 0.173. The van der Waals surface area contributed by atoms with E-state index in [1.165, 1.54) is 76.0 Å². The number of hydrogen-bond donors (Lipinski definition) is 1. The van der Waals surface area contributed by atoms with Gasteiger partial charge in [-0.25, -0.2) is 0 Å². The van der Waals surface area contributed by atoms with Gasteiger partial charge in [-0.05, 0) is 71.3 Å². The molecule has 0 amide bonds. The molecule has 1 unspecified atom stereocenters. The topological polar surface area (TPSA) is 18.5 Å². The monoisotopic (exact) mass is 315 g/mol. The maximum atomic E-state index is 3.82. The Morgan fingerprint density at radius 1 is 1.00 bits per heavy atom. The van der Waals surface area contributed by atoms with Crippen LogP contribution in [0, 0.1) is 6.92 Å². The van der Waals surface area contributed by atoms with Crippen LogP contribution in [-0.4, -0.2) is 50.2 Å². The predicted molar refractivity (Wildman–Crippen MR) is 99.3 cm³/mol. The predicted octanol–water partition coefficient (Wildman–Crippen LogP) is 3.43. The molecule has 2 heterocycles. The van der Waals surface area contributed by atoms with Crippen molar-refractivity contribution in [1.29, 1.82) is 0 Å². The number of anilines is 1. The van der Waals surface area contributed by atoms with Crippen molar-refractivity contribution >= 4 is 5.69 Å². The summed E-state index contributed by atoms with van der Waals surface area (Å²) >= 11 is 0. The molecule has 1 N–H and O–H groups in total. The number of aryl methyl sites for hydroxylation is 1. The molecular formula is C20H33N3. The van der Waals surface area contributed by atoms with Gasteiger partial charge < -0.3 is 15.1 Å². The lowest BCUT2D eigenvalue weighted by Crippen LogP contribution is -2.44. The van der Waals surface area contributed by atoms with Gasteiger partial charge in [0, 0.05) is 30.9 Å². The molecule has 0 radical (unpaired) electrons. The molecule has 1 aromatic rings. The Bertz CT molecular complexity index is 462. The number of nitrogens with one attached hydrogen (secondary N) is 1. The zero-order valence-corrected chi connectivity index (χ0v) is 14.9. The average Bonchev–Trinajstić information content (AvgIpc) is 2.58. The first kappa shape index (κ1) is 16.8. The van der Waals surface area contributed by atoms with Crippen LogP contribution in [0.5, 0.6) is 0 Å². The molecule has 1 aromatic carbocycles. The highest BCUT2D eigenvalue weighted by atomic mass is 15.2. The Hall–Kier alpha value is -1.06. The smallest absolute Gasteiger partial charge is 0.0366 e. The van der Waals surface area contributed by atoms with Crippen molar-refractivity contribution in [1.82, 2.24) is 10.2 Å². The highest BCUT2D eigenvalue weighted by molar-refractivity contribution is 5.47. The van der Waals surface area contributed by atoms with Gasteiger partial charge in [-0.15, -0.1) is 0 Å². The van der Waals surface area contributed by atoms with Gasteiger partial charge in [0.2, 0.25) is 0 Å². The second kappa shape index (κ2) is 8.16. The van der Waals surface area contributed by atoms with Gasteiger partial charge in [-0.2, -0.15) is 0 Å². The van der Waals surface area contributed by atoms with Gasteiger partial charge in [-0.3, -0.25) is 0 Å². The van der Waals surface area contributed by atoms with E-state index in [9.17, 15) is 0 Å². The molecular weight excluding hydrogens is 282 g/mol. The molecule has 0 aromatic heterocycles. The van der Waals surface area contributed by atoms with Gasteiger partial charge in [0.15, 0.2) is 0 Å². The molecule has 0 aliphatic carbocycles. The summed E-state index contributed by atoms with van der Waals surface area (Å²) in [5.41, 5.74) is 2.73. The van der Waals surface area contributed by atoms with E-state index in [1.54, 1.807) is 0 Å². The van der Waals surface area contributed by atoms with Crippen molar-refractivity contribution in [3.05, 3.63) is 29.8 Å². The second-order valence-electron chi connectivity index (χ2n) is 7.47. The maximum Gasteiger partial charge on any atom is 0.0366 e. The van der Waals surface area contributed by atoms with Crippen molar-refractivity contribution in [3.8, 4) is 0 Å². The molecule has 2 aliphatic rings. The van der Waals surface area contributed by atoms with E-state index in [0.717, 1.165) is 6.04 Å². The van der Waals surface area contributed by atoms with Crippen LogP contribution in [-0.2, 0) is 0 Å². The van der Waals surface area contributed by atoms with E-state index in [-0.39, 0.29) is 0 Å². The highest BCUT2D eigenvalue weighted by Gasteiger charge is 2.21. The minimum absolute atomic E-state index is 0.714. The number of piperidine rings is 2. The third kappa shape index (κ3) is 4.71. The van der Waals surface area contributed by atoms with Crippen molar-refractivity contribution in [2.75, 3.05) is 38.1 Å². The standard InChI is InChI=1S/C20H33N3/c1-17-6-8-20(9-7-17)23-15-11-18(12-16-23)21-13-10-19-5-3-4-14-22(19)2/h6-9,18-19,21H,3-5,10-16H2,1-2H3. The molecule has 0 bridgehead atoms. The third-order valence-electron chi connectivity index (χ3n) is 5.73. The zero-order chi connectivity index (χ0) is 16.1. The Labute approximate surface area is 142 Å². The molecule has 1 atom stereocenters. The molecule has 3 nitrogen and oxygen atoms in total. The van der Waals surface area contributed by atoms with Gasteiger partial charge in [0.05, 0.1) is 0 Å². The third-order valence-corrected chi connectivity index (χ3v) is 5.73. The first-order valence-corrected chi connectivity index (χ1v) is 9.47. The number of rotatable bonds is 5. The molecule has 3 rings (SSSR count). The highest BCUT2D eigenvalue weighted by Crippen LogP contribution is 2.21. The second-order valence-corrected chi connectivity index (χ2v) is 7.47. The van der Waals surface area contributed by atoms with Crippen molar-refractivity contribution in [2.45, 2.75) is 57.5 Å². The largest absolute Gasteiger partial charge is 0.371 e. The zero-order valence-electron chi connectivity index (χ0n) is 14.9. The van der Waals surface area contributed by atoms with E-state index < -0.39 is 0 Å². The van der Waals surface area contributed by atoms with Crippen LogP contribution in [0.3, 0.4) is 0 Å². The molecule has 0 spiro atoms. The fourth-order valence-corrected chi connectivity index (χ4v) is 4.06. The lowest BCUT2D eigenvalue weighted by atomic mass is 9.99. The van der Waals surface area contributed by atoms with Crippen LogP contribution in [0.2, 0.25) is 0 Å². The van der Waals surface area contributed by atoms with Crippen LogP contribution in [0.25, 0.3) is 0 Å². The quantitative estimate of drug-likeness (QED) is 0.898. The summed E-state index contributed by atoms with van der Waals surface area (Å²) in [6, 6.07) is 10.5. The number of hydrogen-bond acceptors (Lipinski definition) is 3. The number of nitrogens with zero attached hydrogens (tertiary/aromatic N) is 2. The molecule has 2 saturated heterocycles. The number of benzene rings is 1. The van der Waals surface area contributed by atoms with E-state index in [0.29, 0.717) is 6.04 Å². The molecule has 2 fully saturated rings. The summed E-state index contributed by atoms with van der Waals surface area (Å²) < 4.78 is 0. The van der Waals surface area contributed by atoms with Gasteiger partial charge >= 0.3 is 0 Å². The van der Waals surface area contributed by atoms with Gasteiger partial charge in [-0.1, -0.05) is 24.1 Å². The summed E-state index contributed by atoms with van der Waals surface area (Å²) in [6.45, 7) is 7.00. The molecule has 0 saturated carbocycles. The molecule has 3 heteroatoms. The Kier molecular flexibility index (Phi) is 5.96. The summed E-state index contributed by atoms with van der Waals surface area (Å²) in [6.07, 6.45) is 8.06. The number of likely N-dealkylation sites (tertiary alicyclic amines) is 1. The average molecular weight is 316 g/mol. The minimum Gasteiger partial charge on any atom is -0.371 e. The van der Waals surface area contributed by atoms with E-state index >= 15 is 0 Å².